The van der Waals surface area contributed by atoms with Crippen LogP contribution in [0.25, 0.3) is 0 Å². The number of likely N-dealkylation sites (tertiary alicyclic amines) is 1. The van der Waals surface area contributed by atoms with Gasteiger partial charge in [-0.15, -0.1) is 0 Å². The molecule has 19 heavy (non-hydrogen) atoms. The van der Waals surface area contributed by atoms with Crippen LogP contribution in [0.1, 0.15) is 31.2 Å². The van der Waals surface area contributed by atoms with Crippen LogP contribution in [0.5, 0.6) is 0 Å². The van der Waals surface area contributed by atoms with Gasteiger partial charge in [0, 0.05) is 25.0 Å². The lowest BCUT2D eigenvalue weighted by Crippen LogP contribution is -2.34. The minimum Gasteiger partial charge on any atom is -0.342 e. The molecule has 1 aliphatic heterocycles. The highest BCUT2D eigenvalue weighted by molar-refractivity contribution is 5.83. The van der Waals surface area contributed by atoms with Crippen LogP contribution in [0.4, 0.5) is 0 Å². The van der Waals surface area contributed by atoms with Gasteiger partial charge < -0.3 is 10.6 Å². The molecule has 2 N–H and O–H groups in total. The lowest BCUT2D eigenvalue weighted by Gasteiger charge is -2.18. The Morgan fingerprint density at radius 3 is 2.74 bits per heavy atom. The summed E-state index contributed by atoms with van der Waals surface area (Å²) in [6.45, 7) is 3.79. The lowest BCUT2D eigenvalue weighted by molar-refractivity contribution is -0.131. The van der Waals surface area contributed by atoms with Crippen molar-refractivity contribution in [2.24, 2.45) is 17.6 Å². The number of carbonyl (C=O) groups is 1. The van der Waals surface area contributed by atoms with Gasteiger partial charge in [0.05, 0.1) is 0 Å². The van der Waals surface area contributed by atoms with E-state index in [4.69, 9.17) is 5.73 Å². The van der Waals surface area contributed by atoms with Crippen LogP contribution in [0.3, 0.4) is 0 Å². The quantitative estimate of drug-likeness (QED) is 0.901. The molecule has 1 amide bonds. The number of hydrogen-bond donors (Lipinski definition) is 1. The van der Waals surface area contributed by atoms with E-state index in [1.165, 1.54) is 5.56 Å². The summed E-state index contributed by atoms with van der Waals surface area (Å²) in [5.41, 5.74) is 7.24. The second kappa shape index (κ2) is 4.97. The smallest absolute Gasteiger partial charge is 0.226 e. The summed E-state index contributed by atoms with van der Waals surface area (Å²) in [5, 5.41) is 0. The Labute approximate surface area is 114 Å². The van der Waals surface area contributed by atoms with Gasteiger partial charge in [-0.25, -0.2) is 0 Å². The van der Waals surface area contributed by atoms with Crippen molar-refractivity contribution in [3.8, 4) is 0 Å². The number of nitrogens with zero attached hydrogens (tertiary/aromatic N) is 1. The molecule has 3 heteroatoms. The Morgan fingerprint density at radius 1 is 1.37 bits per heavy atom. The first-order valence-corrected chi connectivity index (χ1v) is 7.26. The third-order valence-electron chi connectivity index (χ3n) is 4.62. The van der Waals surface area contributed by atoms with Crippen LogP contribution in [-0.2, 0) is 4.79 Å². The lowest BCUT2D eigenvalue weighted by atomic mass is 10.0. The molecule has 1 heterocycles. The van der Waals surface area contributed by atoms with E-state index in [1.54, 1.807) is 0 Å². The highest BCUT2D eigenvalue weighted by atomic mass is 16.2. The highest BCUT2D eigenvalue weighted by Crippen LogP contribution is 2.48. The molecule has 0 radical (unpaired) electrons. The van der Waals surface area contributed by atoms with Gasteiger partial charge in [-0.2, -0.15) is 0 Å². The SMILES string of the molecule is CC(N)C1CCN(C(=O)C2CC2c2ccccc2)C1. The van der Waals surface area contributed by atoms with Crippen molar-refractivity contribution in [3.63, 3.8) is 0 Å². The number of hydrogen-bond acceptors (Lipinski definition) is 2. The number of amides is 1. The topological polar surface area (TPSA) is 46.3 Å². The van der Waals surface area contributed by atoms with E-state index in [-0.39, 0.29) is 12.0 Å². The molecule has 3 rings (SSSR count). The Hall–Kier alpha value is -1.35. The van der Waals surface area contributed by atoms with E-state index >= 15 is 0 Å². The average molecular weight is 258 g/mol. The molecule has 102 valence electrons. The molecule has 1 saturated heterocycles. The Kier molecular flexibility index (Phi) is 3.31. The molecule has 4 atom stereocenters. The van der Waals surface area contributed by atoms with Gasteiger partial charge in [0.1, 0.15) is 0 Å². The summed E-state index contributed by atoms with van der Waals surface area (Å²) < 4.78 is 0. The van der Waals surface area contributed by atoms with E-state index < -0.39 is 0 Å². The summed E-state index contributed by atoms with van der Waals surface area (Å²) in [7, 11) is 0. The molecule has 4 unspecified atom stereocenters. The normalized spacial score (nSPS) is 31.3. The van der Waals surface area contributed by atoms with E-state index in [2.05, 4.69) is 24.3 Å². The molecule has 3 nitrogen and oxygen atoms in total. The molecular weight excluding hydrogens is 236 g/mol. The maximum absolute atomic E-state index is 12.4. The minimum atomic E-state index is 0.196. The van der Waals surface area contributed by atoms with Gasteiger partial charge in [-0.1, -0.05) is 30.3 Å². The first-order valence-electron chi connectivity index (χ1n) is 7.26. The minimum absolute atomic E-state index is 0.196. The summed E-state index contributed by atoms with van der Waals surface area (Å²) in [6.07, 6.45) is 2.08. The molecular formula is C16H22N2O. The second-order valence-electron chi connectivity index (χ2n) is 6.05. The maximum atomic E-state index is 12.4. The van der Waals surface area contributed by atoms with Crippen molar-refractivity contribution >= 4 is 5.91 Å². The highest BCUT2D eigenvalue weighted by Gasteiger charge is 2.46. The van der Waals surface area contributed by atoms with Gasteiger partial charge in [0.2, 0.25) is 5.91 Å². The van der Waals surface area contributed by atoms with Crippen LogP contribution < -0.4 is 5.73 Å². The predicted molar refractivity (Wildman–Crippen MR) is 75.6 cm³/mol. The van der Waals surface area contributed by atoms with E-state index in [0.29, 0.717) is 17.7 Å². The van der Waals surface area contributed by atoms with Crippen LogP contribution in [-0.4, -0.2) is 29.9 Å². The Balaban J connectivity index is 1.59. The summed E-state index contributed by atoms with van der Waals surface area (Å²) >= 11 is 0. The number of nitrogens with two attached hydrogens (primary N) is 1. The van der Waals surface area contributed by atoms with Gasteiger partial charge in [0.25, 0.3) is 0 Å². The predicted octanol–water partition coefficient (Wildman–Crippen LogP) is 1.99. The fourth-order valence-corrected chi connectivity index (χ4v) is 3.19. The second-order valence-corrected chi connectivity index (χ2v) is 6.05. The fourth-order valence-electron chi connectivity index (χ4n) is 3.19. The van der Waals surface area contributed by atoms with Crippen molar-refractivity contribution in [2.75, 3.05) is 13.1 Å². The third kappa shape index (κ3) is 2.52. The fraction of sp³-hybridized carbons (Fsp3) is 0.562. The molecule has 1 aromatic rings. The molecule has 1 aliphatic carbocycles. The molecule has 1 saturated carbocycles. The third-order valence-corrected chi connectivity index (χ3v) is 4.62. The van der Waals surface area contributed by atoms with E-state index in [0.717, 1.165) is 25.9 Å². The Morgan fingerprint density at radius 2 is 2.11 bits per heavy atom. The molecule has 0 spiro atoms. The van der Waals surface area contributed by atoms with Crippen LogP contribution in [0.15, 0.2) is 30.3 Å². The van der Waals surface area contributed by atoms with Gasteiger partial charge in [0.15, 0.2) is 0 Å². The number of rotatable bonds is 3. The van der Waals surface area contributed by atoms with Gasteiger partial charge in [-0.05, 0) is 37.2 Å². The largest absolute Gasteiger partial charge is 0.342 e. The van der Waals surface area contributed by atoms with Crippen LogP contribution in [0, 0.1) is 11.8 Å². The van der Waals surface area contributed by atoms with Crippen LogP contribution in [0.2, 0.25) is 0 Å². The molecule has 0 bridgehead atoms. The molecule has 2 aliphatic rings. The van der Waals surface area contributed by atoms with E-state index in [1.807, 2.05) is 17.9 Å². The maximum Gasteiger partial charge on any atom is 0.226 e. The van der Waals surface area contributed by atoms with Gasteiger partial charge >= 0.3 is 0 Å². The monoisotopic (exact) mass is 258 g/mol. The van der Waals surface area contributed by atoms with E-state index in [9.17, 15) is 4.79 Å². The standard InChI is InChI=1S/C16H22N2O/c1-11(17)13-7-8-18(10-13)16(19)15-9-14(15)12-5-3-2-4-6-12/h2-6,11,13-15H,7-10,17H2,1H3. The number of carbonyl (C=O) groups excluding carboxylic acids is 1. The zero-order chi connectivity index (χ0) is 13.4. The average Bonchev–Trinajstić information content (AvgIpc) is 3.06. The first-order chi connectivity index (χ1) is 9.16. The zero-order valence-corrected chi connectivity index (χ0v) is 11.5. The molecule has 2 fully saturated rings. The van der Waals surface area contributed by atoms with Crippen molar-refractivity contribution in [1.29, 1.82) is 0 Å². The Bertz CT molecular complexity index is 457. The van der Waals surface area contributed by atoms with Crippen molar-refractivity contribution in [2.45, 2.75) is 31.7 Å². The summed E-state index contributed by atoms with van der Waals surface area (Å²) in [5.74, 6) is 1.49. The van der Waals surface area contributed by atoms with Crippen molar-refractivity contribution in [1.82, 2.24) is 4.90 Å². The van der Waals surface area contributed by atoms with Gasteiger partial charge in [-0.3, -0.25) is 4.79 Å². The van der Waals surface area contributed by atoms with Crippen LogP contribution >= 0.6 is 0 Å². The first kappa shape index (κ1) is 12.7. The summed E-state index contributed by atoms with van der Waals surface area (Å²) in [6, 6.07) is 10.6. The zero-order valence-electron chi connectivity index (χ0n) is 11.5. The molecule has 1 aromatic carbocycles. The number of benzene rings is 1. The summed E-state index contributed by atoms with van der Waals surface area (Å²) in [4.78, 5) is 14.5. The van der Waals surface area contributed by atoms with Crippen molar-refractivity contribution in [3.05, 3.63) is 35.9 Å². The molecule has 0 aromatic heterocycles. The van der Waals surface area contributed by atoms with Crippen molar-refractivity contribution < 1.29 is 4.79 Å².